The number of hydrogen-bond acceptors (Lipinski definition) is 6. The number of allylic oxidation sites excluding steroid dienone is 2. The van der Waals surface area contributed by atoms with Gasteiger partial charge in [-0.05, 0) is 366 Å². The van der Waals surface area contributed by atoms with E-state index in [1.165, 1.54) is 395 Å². The first-order valence-electron chi connectivity index (χ1n) is 55.0. The van der Waals surface area contributed by atoms with E-state index >= 15 is 4.39 Å². The first kappa shape index (κ1) is 112. The summed E-state index contributed by atoms with van der Waals surface area (Å²) in [6.07, 6.45) is 86.3. The Morgan fingerprint density at radius 1 is 0.328 bits per heavy atom. The van der Waals surface area contributed by atoms with Gasteiger partial charge < -0.3 is 25.9 Å². The molecule has 0 bridgehead atoms. The fourth-order valence-corrected chi connectivity index (χ4v) is 25.0. The summed E-state index contributed by atoms with van der Waals surface area (Å²) in [4.78, 5) is 22.5. The molecule has 10 aliphatic carbocycles. The zero-order valence-electron chi connectivity index (χ0n) is 83.6. The van der Waals surface area contributed by atoms with E-state index in [1.54, 1.807) is 24.3 Å². The van der Waals surface area contributed by atoms with Gasteiger partial charge in [-0.15, -0.1) is 0 Å². The molecule has 11 heteroatoms. The molecule has 3 aromatic rings. The van der Waals surface area contributed by atoms with Gasteiger partial charge in [-0.3, -0.25) is 9.59 Å². The molecule has 1 atom stereocenters. The third kappa shape index (κ3) is 45.2. The molecule has 724 valence electrons. The maximum atomic E-state index is 15.4. The Bertz CT molecular complexity index is 3140. The monoisotopic (exact) mass is 1840 g/mol. The largest absolute Gasteiger partial charge is 1.00 e. The molecule has 4 aliphatic heterocycles. The van der Waals surface area contributed by atoms with E-state index in [4.69, 9.17) is 18.9 Å². The number of halogens is 4. The van der Waals surface area contributed by atoms with Crippen LogP contribution >= 0.6 is 15.9 Å². The molecule has 128 heavy (non-hydrogen) atoms. The third-order valence-electron chi connectivity index (χ3n) is 33.3. The van der Waals surface area contributed by atoms with Gasteiger partial charge in [0.05, 0.1) is 0 Å². The van der Waals surface area contributed by atoms with Gasteiger partial charge in [0.2, 0.25) is 0 Å². The van der Waals surface area contributed by atoms with Crippen LogP contribution in [0.1, 0.15) is 475 Å². The predicted octanol–water partition coefficient (Wildman–Crippen LogP) is 32.9. The van der Waals surface area contributed by atoms with Crippen molar-refractivity contribution in [2.45, 2.75) is 458 Å². The van der Waals surface area contributed by atoms with Gasteiger partial charge in [0.15, 0.2) is 0 Å². The van der Waals surface area contributed by atoms with Crippen LogP contribution in [0.15, 0.2) is 77.3 Å². The first-order valence-corrected chi connectivity index (χ1v) is 55.8. The number of rotatable bonds is 23. The second kappa shape index (κ2) is 69.3. The average molecular weight is 1840 g/mol. The van der Waals surface area contributed by atoms with Crippen molar-refractivity contribution in [1.29, 1.82) is 0 Å². The maximum Gasteiger partial charge on any atom is 1.00 e. The van der Waals surface area contributed by atoms with Crippen LogP contribution in [0.2, 0.25) is 0 Å². The number of carbonyl (C=O) groups excluding carboxylic acids is 2. The van der Waals surface area contributed by atoms with Crippen molar-refractivity contribution >= 4 is 33.1 Å². The molecule has 0 aromatic heterocycles. The Balaban J connectivity index is 0.000000215. The van der Waals surface area contributed by atoms with Crippen LogP contribution in [0.3, 0.4) is 0 Å². The van der Waals surface area contributed by atoms with Crippen molar-refractivity contribution in [3.05, 3.63) is 118 Å². The molecular formula is C117H191BrF3LiO6. The SMILES string of the molecule is C1CCOC1.C1CCOC1.C1CCOC1.C1CCOC1.CCC1CCC(C2CCC(=O)CC2)CC1.CCCCCC1CCC(C2CCC(=O)CC2)CC1.CCCCCC1CCC(C2CCC(c3ccc(C4=CCC(C5CCC(CC)CC5)CC4)c(F)c3)CC2)CC1.CCCCCC1CCC(C2CCC(c3cccc(F)c3)CC2)CC1.Fc1cccc(Br)c1.[CH2-]CCC.[Li+]. The summed E-state index contributed by atoms with van der Waals surface area (Å²) in [5.74, 6) is 16.3. The van der Waals surface area contributed by atoms with E-state index in [-0.39, 0.29) is 36.3 Å². The van der Waals surface area contributed by atoms with Crippen LogP contribution in [0.5, 0.6) is 0 Å². The molecule has 0 spiro atoms. The molecule has 6 nitrogen and oxygen atoms in total. The number of hydrogen-bond donors (Lipinski definition) is 0. The second-order valence-electron chi connectivity index (χ2n) is 42.3. The van der Waals surface area contributed by atoms with Crippen LogP contribution in [-0.4, -0.2) is 64.4 Å². The minimum Gasteiger partial charge on any atom is -0.381 e. The van der Waals surface area contributed by atoms with Crippen molar-refractivity contribution in [2.75, 3.05) is 52.9 Å². The molecule has 0 amide bonds. The summed E-state index contributed by atoms with van der Waals surface area (Å²) in [6.45, 7) is 25.3. The van der Waals surface area contributed by atoms with E-state index in [9.17, 15) is 18.4 Å². The Kier molecular flexibility index (Phi) is 60.9. The standard InChI is InChI=1S/C37H57F.C23H35F.C17H30O.C14H24O.C6H4BrF.4C4H8O.C4H9.Li/c1-3-5-6-7-28-10-14-30(15-11-28)31-16-18-33(19-17-31)35-24-25-36(37(38)26-35)34-22-20-32(21-23-34)29-12-8-27(4-2)9-13-29;1-2-3-4-6-18-9-11-19(12-10-18)20-13-15-21(16-14-20)22-7-5-8-23(24)17-22;1-2-3-4-5-14-6-8-15(9-7-14)16-10-12-17(18)13-11-16;1-2-11-3-5-12(6-4-11)13-7-9-14(15)10-8-13;7-5-2-1-3-6(8)4-5;4*1-2-4-5-3-1;1-3-4-2;/h22,24-33H,3-21,23H2,1-2H3;5,7-8,17-21H,2-4,6,9-16H2,1H3;14-16H,2-13H2,1H3;11-13H,2-10H2,1H3;1-4H;4*1-4H2;1,3-4H2,2H3;/q;;;;;;;;;-1;+1. The minimum absolute atomic E-state index is 0. The maximum absolute atomic E-state index is 15.4. The van der Waals surface area contributed by atoms with Crippen LogP contribution in [-0.2, 0) is 28.5 Å². The number of ether oxygens (including phenoxy) is 4. The molecule has 0 radical (unpaired) electrons. The predicted molar refractivity (Wildman–Crippen MR) is 536 cm³/mol. The van der Waals surface area contributed by atoms with Crippen molar-refractivity contribution < 1.29 is 60.6 Å². The number of Topliss-reactive ketones (excluding diaryl/α,β-unsaturated/α-hetero) is 2. The molecule has 17 rings (SSSR count). The van der Waals surface area contributed by atoms with Crippen LogP contribution in [0.4, 0.5) is 13.2 Å². The van der Waals surface area contributed by atoms with Crippen LogP contribution in [0, 0.1) is 113 Å². The summed E-state index contributed by atoms with van der Waals surface area (Å²) in [5.41, 5.74) is 4.67. The quantitative estimate of drug-likeness (QED) is 0.0535. The van der Waals surface area contributed by atoms with E-state index in [2.05, 4.69) is 88.7 Å². The molecular weight excluding hydrogens is 1650 g/mol. The van der Waals surface area contributed by atoms with Crippen molar-refractivity contribution in [1.82, 2.24) is 0 Å². The molecule has 4 heterocycles. The first-order chi connectivity index (χ1) is 62.2. The molecule has 9 saturated carbocycles. The van der Waals surface area contributed by atoms with Gasteiger partial charge in [0.1, 0.15) is 29.0 Å². The topological polar surface area (TPSA) is 71.1 Å². The minimum atomic E-state index is -0.209. The van der Waals surface area contributed by atoms with Gasteiger partial charge in [0, 0.05) is 88.6 Å². The third-order valence-corrected chi connectivity index (χ3v) is 33.8. The summed E-state index contributed by atoms with van der Waals surface area (Å²) < 4.78 is 61.5. The second-order valence-corrected chi connectivity index (χ2v) is 43.2. The van der Waals surface area contributed by atoms with Gasteiger partial charge in [-0.25, -0.2) is 13.2 Å². The molecule has 4 saturated heterocycles. The number of unbranched alkanes of at least 4 members (excludes halogenated alkanes) is 7. The zero-order valence-corrected chi connectivity index (χ0v) is 85.2. The molecule has 3 aromatic carbocycles. The van der Waals surface area contributed by atoms with Gasteiger partial charge in [0.25, 0.3) is 0 Å². The smallest absolute Gasteiger partial charge is 0.381 e. The summed E-state index contributed by atoms with van der Waals surface area (Å²) >= 11 is 3.12. The van der Waals surface area contributed by atoms with E-state index in [0.29, 0.717) is 23.4 Å². The van der Waals surface area contributed by atoms with Crippen molar-refractivity contribution in [3.8, 4) is 0 Å². The number of ketones is 2. The zero-order chi connectivity index (χ0) is 90.1. The van der Waals surface area contributed by atoms with Crippen LogP contribution in [0.25, 0.3) is 5.57 Å². The summed E-state index contributed by atoms with van der Waals surface area (Å²) in [5, 5.41) is 0. The molecule has 14 aliphatic rings. The normalized spacial score (nSPS) is 29.0. The molecule has 1 unspecified atom stereocenters. The average Bonchev–Trinajstić information content (AvgIpc) is 0.902. The van der Waals surface area contributed by atoms with Gasteiger partial charge in [-0.2, -0.15) is 6.42 Å². The Hall–Kier alpha value is -2.55. The van der Waals surface area contributed by atoms with E-state index in [0.717, 1.165) is 190 Å². The molecule has 13 fully saturated rings. The number of carbonyl (C=O) groups is 2. The van der Waals surface area contributed by atoms with Gasteiger partial charge in [-0.1, -0.05) is 254 Å². The van der Waals surface area contributed by atoms with E-state index in [1.807, 2.05) is 12.1 Å². The van der Waals surface area contributed by atoms with Gasteiger partial charge >= 0.3 is 18.9 Å². The van der Waals surface area contributed by atoms with Crippen molar-refractivity contribution in [3.63, 3.8) is 0 Å². The Morgan fingerprint density at radius 3 is 0.891 bits per heavy atom. The summed E-state index contributed by atoms with van der Waals surface area (Å²) in [6, 6.07) is 19.9. The fraction of sp³-hybridized carbons (Fsp3) is 0.803. The van der Waals surface area contributed by atoms with E-state index < -0.39 is 0 Å². The Labute approximate surface area is 805 Å². The van der Waals surface area contributed by atoms with Crippen molar-refractivity contribution in [2.24, 2.45) is 88.8 Å². The molecule has 0 N–H and O–H groups in total. The Morgan fingerprint density at radius 2 is 0.625 bits per heavy atom. The van der Waals surface area contributed by atoms with Crippen LogP contribution < -0.4 is 18.9 Å². The summed E-state index contributed by atoms with van der Waals surface area (Å²) in [7, 11) is 0. The fourth-order valence-electron chi connectivity index (χ4n) is 24.6. The number of benzene rings is 3.